The predicted molar refractivity (Wildman–Crippen MR) is 77.2 cm³/mol. The lowest BCUT2D eigenvalue weighted by molar-refractivity contribution is -0.124. The molecule has 0 aliphatic heterocycles. The Morgan fingerprint density at radius 2 is 2.30 bits per heavy atom. The molecule has 2 rings (SSSR count). The van der Waals surface area contributed by atoms with Gasteiger partial charge in [-0.25, -0.2) is 0 Å². The van der Waals surface area contributed by atoms with E-state index < -0.39 is 12.1 Å². The van der Waals surface area contributed by atoms with Crippen LogP contribution < -0.4 is 5.32 Å². The second kappa shape index (κ2) is 5.88. The lowest BCUT2D eigenvalue weighted by Gasteiger charge is -2.17. The first-order chi connectivity index (χ1) is 9.52. The van der Waals surface area contributed by atoms with E-state index in [4.69, 9.17) is 0 Å². The van der Waals surface area contributed by atoms with Gasteiger partial charge in [0.15, 0.2) is 0 Å². The van der Waals surface area contributed by atoms with Crippen molar-refractivity contribution in [3.63, 3.8) is 0 Å². The number of aryl methyl sites for hydroxylation is 2. The molecular formula is C14H16N4OS. The zero-order valence-electron chi connectivity index (χ0n) is 11.6. The number of nitrogens with zero attached hydrogens (tertiary/aromatic N) is 3. The van der Waals surface area contributed by atoms with E-state index >= 15 is 0 Å². The molecule has 0 saturated heterocycles. The Bertz CT molecular complexity index is 639. The maximum atomic E-state index is 12.2. The first kappa shape index (κ1) is 14.3. The number of nitriles is 1. The van der Waals surface area contributed by atoms with E-state index in [1.807, 2.05) is 36.7 Å². The van der Waals surface area contributed by atoms with Gasteiger partial charge in [0.1, 0.15) is 12.1 Å². The molecule has 0 aromatic carbocycles. The van der Waals surface area contributed by atoms with Gasteiger partial charge in [-0.05, 0) is 49.2 Å². The molecule has 20 heavy (non-hydrogen) atoms. The summed E-state index contributed by atoms with van der Waals surface area (Å²) in [5, 5.41) is 20.0. The van der Waals surface area contributed by atoms with Gasteiger partial charge in [0.25, 0.3) is 0 Å². The summed E-state index contributed by atoms with van der Waals surface area (Å²) in [6.45, 7) is 5.57. The number of carbonyl (C=O) groups is 1. The van der Waals surface area contributed by atoms with Crippen molar-refractivity contribution in [3.05, 3.63) is 39.8 Å². The molecule has 0 saturated carbocycles. The topological polar surface area (TPSA) is 70.7 Å². The fraction of sp³-hybridized carbons (Fsp3) is 0.357. The van der Waals surface area contributed by atoms with Crippen molar-refractivity contribution in [2.75, 3.05) is 0 Å². The van der Waals surface area contributed by atoms with Crippen LogP contribution in [0.3, 0.4) is 0 Å². The van der Waals surface area contributed by atoms with E-state index in [9.17, 15) is 10.1 Å². The third kappa shape index (κ3) is 2.89. The van der Waals surface area contributed by atoms with Crippen LogP contribution in [0.25, 0.3) is 0 Å². The zero-order valence-corrected chi connectivity index (χ0v) is 12.4. The largest absolute Gasteiger partial charge is 0.335 e. The van der Waals surface area contributed by atoms with E-state index in [2.05, 4.69) is 16.5 Å². The highest BCUT2D eigenvalue weighted by atomic mass is 32.1. The van der Waals surface area contributed by atoms with Gasteiger partial charge in [-0.3, -0.25) is 9.48 Å². The molecule has 0 bridgehead atoms. The highest BCUT2D eigenvalue weighted by Gasteiger charge is 2.21. The number of hydrogen-bond acceptors (Lipinski definition) is 4. The Morgan fingerprint density at radius 3 is 2.80 bits per heavy atom. The Kier molecular flexibility index (Phi) is 4.20. The fourth-order valence-corrected chi connectivity index (χ4v) is 2.73. The van der Waals surface area contributed by atoms with Crippen molar-refractivity contribution < 1.29 is 4.79 Å². The van der Waals surface area contributed by atoms with Crippen molar-refractivity contribution in [1.29, 1.82) is 5.26 Å². The molecule has 0 fully saturated rings. The van der Waals surface area contributed by atoms with Gasteiger partial charge in [0.05, 0.1) is 11.8 Å². The fourth-order valence-electron chi connectivity index (χ4n) is 2.04. The van der Waals surface area contributed by atoms with E-state index in [0.29, 0.717) is 0 Å². The average molecular weight is 288 g/mol. The second-order valence-corrected chi connectivity index (χ2v) is 5.46. The molecule has 0 aliphatic rings. The minimum absolute atomic E-state index is 0.214. The summed E-state index contributed by atoms with van der Waals surface area (Å²) in [4.78, 5) is 12.2. The molecule has 6 heteroatoms. The molecule has 0 aliphatic carbocycles. The standard InChI is InChI=1S/C14H16N4OS/c1-9-6-10(2)18(17-9)11(3)14(19)16-13(7-15)12-4-5-20-8-12/h4-6,8,11,13H,1-3H3,(H,16,19)/t11-,13+/m1/s1. The molecule has 2 aromatic rings. The molecular weight excluding hydrogens is 272 g/mol. The molecule has 0 unspecified atom stereocenters. The number of carbonyl (C=O) groups excluding carboxylic acids is 1. The molecule has 1 N–H and O–H groups in total. The van der Waals surface area contributed by atoms with Gasteiger partial charge in [0, 0.05) is 5.69 Å². The SMILES string of the molecule is Cc1cc(C)n([C@H](C)C(=O)N[C@@H](C#N)c2ccsc2)n1. The smallest absolute Gasteiger partial charge is 0.245 e. The van der Waals surface area contributed by atoms with Crippen molar-refractivity contribution in [2.45, 2.75) is 32.9 Å². The van der Waals surface area contributed by atoms with Gasteiger partial charge in [-0.15, -0.1) is 0 Å². The van der Waals surface area contributed by atoms with Crippen molar-refractivity contribution in [1.82, 2.24) is 15.1 Å². The molecule has 0 spiro atoms. The second-order valence-electron chi connectivity index (χ2n) is 4.68. The quantitative estimate of drug-likeness (QED) is 0.939. The molecule has 104 valence electrons. The lowest BCUT2D eigenvalue weighted by Crippen LogP contribution is -2.34. The van der Waals surface area contributed by atoms with Crippen LogP contribution in [0.15, 0.2) is 22.9 Å². The summed E-state index contributed by atoms with van der Waals surface area (Å²) in [6, 6.07) is 4.80. The summed E-state index contributed by atoms with van der Waals surface area (Å²) >= 11 is 1.50. The number of aromatic nitrogens is 2. The van der Waals surface area contributed by atoms with Crippen molar-refractivity contribution in [2.24, 2.45) is 0 Å². The predicted octanol–water partition coefficient (Wildman–Crippen LogP) is 2.50. The van der Waals surface area contributed by atoms with E-state index in [0.717, 1.165) is 17.0 Å². The van der Waals surface area contributed by atoms with Crippen LogP contribution in [0.5, 0.6) is 0 Å². The highest BCUT2D eigenvalue weighted by Crippen LogP contribution is 2.17. The molecule has 0 radical (unpaired) electrons. The summed E-state index contributed by atoms with van der Waals surface area (Å²) in [5.74, 6) is -0.214. The van der Waals surface area contributed by atoms with Crippen LogP contribution in [0, 0.1) is 25.2 Å². The highest BCUT2D eigenvalue weighted by molar-refractivity contribution is 7.08. The number of amides is 1. The van der Waals surface area contributed by atoms with Crippen LogP contribution in [0.1, 0.15) is 36.0 Å². The maximum Gasteiger partial charge on any atom is 0.245 e. The molecule has 2 heterocycles. The zero-order chi connectivity index (χ0) is 14.7. The van der Waals surface area contributed by atoms with Crippen molar-refractivity contribution in [3.8, 4) is 6.07 Å². The summed E-state index contributed by atoms with van der Waals surface area (Å²) in [6.07, 6.45) is 0. The number of rotatable bonds is 4. The number of hydrogen-bond donors (Lipinski definition) is 1. The Hall–Kier alpha value is -2.13. The van der Waals surface area contributed by atoms with Crippen LogP contribution in [0.4, 0.5) is 0 Å². The van der Waals surface area contributed by atoms with Crippen molar-refractivity contribution >= 4 is 17.2 Å². The number of thiophene rings is 1. The van der Waals surface area contributed by atoms with Gasteiger partial charge in [0.2, 0.25) is 5.91 Å². The van der Waals surface area contributed by atoms with Gasteiger partial charge in [-0.1, -0.05) is 0 Å². The minimum atomic E-state index is -0.617. The van der Waals surface area contributed by atoms with Crippen LogP contribution in [-0.4, -0.2) is 15.7 Å². The molecule has 2 aromatic heterocycles. The third-order valence-corrected chi connectivity index (χ3v) is 3.78. The maximum absolute atomic E-state index is 12.2. The summed E-state index contributed by atoms with van der Waals surface area (Å²) in [7, 11) is 0. The summed E-state index contributed by atoms with van der Waals surface area (Å²) in [5.41, 5.74) is 2.61. The van der Waals surface area contributed by atoms with Gasteiger partial charge >= 0.3 is 0 Å². The van der Waals surface area contributed by atoms with E-state index in [-0.39, 0.29) is 5.91 Å². The lowest BCUT2D eigenvalue weighted by atomic mass is 10.1. The molecule has 1 amide bonds. The van der Waals surface area contributed by atoms with E-state index in [1.54, 1.807) is 11.6 Å². The van der Waals surface area contributed by atoms with Crippen LogP contribution in [0.2, 0.25) is 0 Å². The molecule has 2 atom stereocenters. The average Bonchev–Trinajstić information content (AvgIpc) is 3.04. The van der Waals surface area contributed by atoms with Crippen LogP contribution >= 0.6 is 11.3 Å². The van der Waals surface area contributed by atoms with E-state index in [1.165, 1.54) is 11.3 Å². The first-order valence-corrected chi connectivity index (χ1v) is 7.22. The molecule has 5 nitrogen and oxygen atoms in total. The normalized spacial score (nSPS) is 13.5. The van der Waals surface area contributed by atoms with Crippen LogP contribution in [-0.2, 0) is 4.79 Å². The Balaban J connectivity index is 2.12. The summed E-state index contributed by atoms with van der Waals surface area (Å²) < 4.78 is 1.67. The van der Waals surface area contributed by atoms with Gasteiger partial charge in [-0.2, -0.15) is 21.7 Å². The number of nitrogens with one attached hydrogen (secondary N) is 1. The Morgan fingerprint density at radius 1 is 1.55 bits per heavy atom. The Labute approximate surface area is 121 Å². The third-order valence-electron chi connectivity index (χ3n) is 3.08. The minimum Gasteiger partial charge on any atom is -0.335 e. The monoisotopic (exact) mass is 288 g/mol. The van der Waals surface area contributed by atoms with Gasteiger partial charge < -0.3 is 5.32 Å². The first-order valence-electron chi connectivity index (χ1n) is 6.27.